The zero-order chi connectivity index (χ0) is 18.4. The fourth-order valence-electron chi connectivity index (χ4n) is 5.79. The molecule has 4 nitrogen and oxygen atoms in total. The highest BCUT2D eigenvalue weighted by molar-refractivity contribution is 5.48. The number of ether oxygens (including phenoxy) is 4. The summed E-state index contributed by atoms with van der Waals surface area (Å²) in [4.78, 5) is 0. The summed E-state index contributed by atoms with van der Waals surface area (Å²) in [7, 11) is 0. The lowest BCUT2D eigenvalue weighted by molar-refractivity contribution is -0.185. The van der Waals surface area contributed by atoms with Crippen molar-refractivity contribution in [1.29, 1.82) is 0 Å². The summed E-state index contributed by atoms with van der Waals surface area (Å²) < 4.78 is 38.0. The zero-order valence-corrected chi connectivity index (χ0v) is 16.0. The Kier molecular flexibility index (Phi) is 4.55. The van der Waals surface area contributed by atoms with Gasteiger partial charge in [-0.1, -0.05) is 6.07 Å². The first-order valence-corrected chi connectivity index (χ1v) is 10.6. The monoisotopic (exact) mass is 376 g/mol. The Hall–Kier alpha value is -1.33. The Morgan fingerprint density at radius 1 is 1.07 bits per heavy atom. The molecule has 2 aliphatic heterocycles. The van der Waals surface area contributed by atoms with Crippen molar-refractivity contribution in [2.24, 2.45) is 11.8 Å². The van der Waals surface area contributed by atoms with Crippen molar-refractivity contribution in [3.05, 3.63) is 23.5 Å². The van der Waals surface area contributed by atoms with Crippen LogP contribution in [0.2, 0.25) is 0 Å². The van der Waals surface area contributed by atoms with Gasteiger partial charge >= 0.3 is 0 Å². The summed E-state index contributed by atoms with van der Waals surface area (Å²) in [6.07, 6.45) is 7.78. The van der Waals surface area contributed by atoms with Gasteiger partial charge in [-0.25, -0.2) is 0 Å². The number of rotatable bonds is 3. The molecule has 148 valence electrons. The van der Waals surface area contributed by atoms with Crippen molar-refractivity contribution >= 4 is 0 Å². The molecular formula is C22H29FO4. The first kappa shape index (κ1) is 17.7. The van der Waals surface area contributed by atoms with Gasteiger partial charge in [0.2, 0.25) is 5.82 Å². The number of fused-ring (bicyclic) bond motifs is 3. The predicted molar refractivity (Wildman–Crippen MR) is 98.7 cm³/mol. The number of halogens is 1. The maximum absolute atomic E-state index is 14.7. The molecule has 0 N–H and O–H groups in total. The fourth-order valence-corrected chi connectivity index (χ4v) is 5.79. The molecule has 0 bridgehead atoms. The summed E-state index contributed by atoms with van der Waals surface area (Å²) in [5, 5.41) is 0. The fraction of sp³-hybridized carbons (Fsp3) is 0.727. The molecule has 0 radical (unpaired) electrons. The lowest BCUT2D eigenvalue weighted by atomic mass is 9.68. The van der Waals surface area contributed by atoms with Crippen LogP contribution in [0.1, 0.15) is 63.4 Å². The van der Waals surface area contributed by atoms with Gasteiger partial charge in [-0.2, -0.15) is 4.39 Å². The molecule has 0 amide bonds. The van der Waals surface area contributed by atoms with Gasteiger partial charge in [0.15, 0.2) is 17.3 Å². The van der Waals surface area contributed by atoms with Crippen LogP contribution in [0.15, 0.2) is 12.1 Å². The zero-order valence-electron chi connectivity index (χ0n) is 16.0. The van der Waals surface area contributed by atoms with Gasteiger partial charge in [-0.3, -0.25) is 0 Å². The van der Waals surface area contributed by atoms with E-state index in [0.717, 1.165) is 57.3 Å². The second-order valence-electron chi connectivity index (χ2n) is 8.51. The van der Waals surface area contributed by atoms with Crippen LogP contribution in [0.25, 0.3) is 0 Å². The topological polar surface area (TPSA) is 36.9 Å². The third-order valence-electron chi connectivity index (χ3n) is 7.17. The quantitative estimate of drug-likeness (QED) is 0.759. The standard InChI is InChI=1S/C22H29FO4/c1-2-24-18-6-5-17-16-4-3-15(13-19(16)27-21(17)20(18)23)14-7-9-22(10-8-14)25-11-12-26-22/h5-6,14-16,19H,2-4,7-13H2,1H3/t15-,16?,19-/m1/s1. The van der Waals surface area contributed by atoms with E-state index >= 15 is 0 Å². The Labute approximate surface area is 160 Å². The molecule has 3 fully saturated rings. The van der Waals surface area contributed by atoms with Crippen LogP contribution < -0.4 is 9.47 Å². The third-order valence-corrected chi connectivity index (χ3v) is 7.17. The average Bonchev–Trinajstić information content (AvgIpc) is 3.29. The van der Waals surface area contributed by atoms with E-state index in [1.54, 1.807) is 6.07 Å². The minimum absolute atomic E-state index is 0.111. The molecule has 1 aromatic carbocycles. The summed E-state index contributed by atoms with van der Waals surface area (Å²) >= 11 is 0. The van der Waals surface area contributed by atoms with E-state index in [-0.39, 0.29) is 17.7 Å². The number of hydrogen-bond donors (Lipinski definition) is 0. The van der Waals surface area contributed by atoms with Crippen LogP contribution >= 0.6 is 0 Å². The summed E-state index contributed by atoms with van der Waals surface area (Å²) in [6, 6.07) is 3.77. The maximum atomic E-state index is 14.7. The molecule has 1 spiro atoms. The molecule has 3 atom stereocenters. The summed E-state index contributed by atoms with van der Waals surface area (Å²) in [5.74, 6) is 1.84. The molecule has 1 aromatic rings. The van der Waals surface area contributed by atoms with Gasteiger partial charge in [0.25, 0.3) is 0 Å². The van der Waals surface area contributed by atoms with Gasteiger partial charge in [-0.05, 0) is 56.9 Å². The Balaban J connectivity index is 1.25. The minimum atomic E-state index is -0.324. The van der Waals surface area contributed by atoms with Crippen LogP contribution in [0.3, 0.4) is 0 Å². The highest BCUT2D eigenvalue weighted by atomic mass is 19.1. The van der Waals surface area contributed by atoms with Crippen molar-refractivity contribution in [3.8, 4) is 11.5 Å². The molecule has 27 heavy (non-hydrogen) atoms. The largest absolute Gasteiger partial charge is 0.491 e. The van der Waals surface area contributed by atoms with E-state index in [9.17, 15) is 4.39 Å². The Morgan fingerprint density at radius 3 is 2.59 bits per heavy atom. The average molecular weight is 376 g/mol. The van der Waals surface area contributed by atoms with Gasteiger partial charge in [0.05, 0.1) is 19.8 Å². The van der Waals surface area contributed by atoms with Gasteiger partial charge < -0.3 is 18.9 Å². The molecule has 2 aliphatic carbocycles. The van der Waals surface area contributed by atoms with E-state index in [2.05, 4.69) is 0 Å². The second kappa shape index (κ2) is 6.93. The Bertz CT molecular complexity index is 690. The van der Waals surface area contributed by atoms with Crippen LogP contribution in [0.5, 0.6) is 11.5 Å². The van der Waals surface area contributed by atoms with E-state index < -0.39 is 0 Å². The summed E-state index contributed by atoms with van der Waals surface area (Å²) in [6.45, 7) is 3.80. The molecule has 2 saturated carbocycles. The normalized spacial score (nSPS) is 32.1. The SMILES string of the molecule is CCOc1ccc2c(c1F)O[C@@H]1C[C@H](C3CCC4(CC3)OCCO4)CCC21. The van der Waals surface area contributed by atoms with Crippen LogP contribution in [0.4, 0.5) is 4.39 Å². The molecule has 4 aliphatic rings. The molecule has 0 aromatic heterocycles. The number of hydrogen-bond acceptors (Lipinski definition) is 4. The van der Waals surface area contributed by atoms with Crippen molar-refractivity contribution in [1.82, 2.24) is 0 Å². The highest BCUT2D eigenvalue weighted by Crippen LogP contribution is 2.52. The third kappa shape index (κ3) is 3.03. The molecule has 2 heterocycles. The molecule has 5 heteroatoms. The first-order valence-electron chi connectivity index (χ1n) is 10.6. The highest BCUT2D eigenvalue weighted by Gasteiger charge is 2.46. The Morgan fingerprint density at radius 2 is 1.85 bits per heavy atom. The van der Waals surface area contributed by atoms with E-state index in [1.165, 1.54) is 6.42 Å². The molecule has 1 unspecified atom stereocenters. The van der Waals surface area contributed by atoms with E-state index in [0.29, 0.717) is 35.9 Å². The lowest BCUT2D eigenvalue weighted by Crippen LogP contribution is -2.39. The van der Waals surface area contributed by atoms with Crippen LogP contribution in [-0.4, -0.2) is 31.7 Å². The van der Waals surface area contributed by atoms with Gasteiger partial charge in [0.1, 0.15) is 6.10 Å². The number of benzene rings is 1. The van der Waals surface area contributed by atoms with Crippen molar-refractivity contribution in [2.45, 2.75) is 69.7 Å². The maximum Gasteiger partial charge on any atom is 0.207 e. The van der Waals surface area contributed by atoms with Gasteiger partial charge in [0, 0.05) is 24.3 Å². The lowest BCUT2D eigenvalue weighted by Gasteiger charge is -2.41. The van der Waals surface area contributed by atoms with Crippen LogP contribution in [-0.2, 0) is 9.47 Å². The van der Waals surface area contributed by atoms with Crippen molar-refractivity contribution in [2.75, 3.05) is 19.8 Å². The van der Waals surface area contributed by atoms with Crippen molar-refractivity contribution in [3.63, 3.8) is 0 Å². The second-order valence-corrected chi connectivity index (χ2v) is 8.51. The predicted octanol–water partition coefficient (Wildman–Crippen LogP) is 4.80. The smallest absolute Gasteiger partial charge is 0.207 e. The summed E-state index contributed by atoms with van der Waals surface area (Å²) in [5.41, 5.74) is 1.04. The van der Waals surface area contributed by atoms with Gasteiger partial charge in [-0.15, -0.1) is 0 Å². The molecular weight excluding hydrogens is 347 g/mol. The van der Waals surface area contributed by atoms with E-state index in [4.69, 9.17) is 18.9 Å². The first-order chi connectivity index (χ1) is 13.2. The van der Waals surface area contributed by atoms with E-state index in [1.807, 2.05) is 13.0 Å². The van der Waals surface area contributed by atoms with Crippen LogP contribution in [0, 0.1) is 17.7 Å². The van der Waals surface area contributed by atoms with Crippen molar-refractivity contribution < 1.29 is 23.3 Å². The minimum Gasteiger partial charge on any atom is -0.491 e. The molecule has 1 saturated heterocycles. The molecule has 5 rings (SSSR count).